The lowest BCUT2D eigenvalue weighted by atomic mass is 9.90. The average molecular weight is 426 g/mol. The predicted molar refractivity (Wildman–Crippen MR) is 116 cm³/mol. The van der Waals surface area contributed by atoms with Crippen LogP contribution in [-0.4, -0.2) is 39.6 Å². The molecule has 164 valence electrons. The third-order valence-electron chi connectivity index (χ3n) is 5.39. The molecular weight excluding hydrogens is 400 g/mol. The van der Waals surface area contributed by atoms with Gasteiger partial charge in [0.1, 0.15) is 45.5 Å². The maximum absolute atomic E-state index is 12.4. The number of phenolic OH excluding ortho intramolecular Hbond substituents is 3. The number of hydrogen-bond donors (Lipinski definition) is 3. The van der Waals surface area contributed by atoms with Gasteiger partial charge in [0, 0.05) is 28.7 Å². The standard InChI is InChI=1S/C24H26O7/c1-11-19(27)17(12(2)25)21(29)16(22(11)30-6)10-15-9-14-7-8-24(4,5)31-23(14)18(13(3)26)20(15)28/h7-9,27-29H,10H2,1-6H3. The van der Waals surface area contributed by atoms with Crippen LogP contribution < -0.4 is 9.47 Å². The van der Waals surface area contributed by atoms with E-state index in [0.29, 0.717) is 16.9 Å². The van der Waals surface area contributed by atoms with Crippen molar-refractivity contribution < 1.29 is 34.4 Å². The summed E-state index contributed by atoms with van der Waals surface area (Å²) in [6.45, 7) is 7.82. The molecule has 0 bridgehead atoms. The number of carbonyl (C=O) groups is 2. The van der Waals surface area contributed by atoms with Crippen molar-refractivity contribution in [3.05, 3.63) is 45.5 Å². The second kappa shape index (κ2) is 7.65. The highest BCUT2D eigenvalue weighted by molar-refractivity contribution is 6.02. The maximum Gasteiger partial charge on any atom is 0.167 e. The molecule has 1 aliphatic heterocycles. The van der Waals surface area contributed by atoms with Gasteiger partial charge in [0.05, 0.1) is 7.11 Å². The Balaban J connectivity index is 2.27. The molecule has 7 heteroatoms. The van der Waals surface area contributed by atoms with E-state index in [1.54, 1.807) is 13.0 Å². The summed E-state index contributed by atoms with van der Waals surface area (Å²) in [4.78, 5) is 24.4. The molecule has 2 aromatic rings. The van der Waals surface area contributed by atoms with Gasteiger partial charge in [-0.1, -0.05) is 6.08 Å². The topological polar surface area (TPSA) is 113 Å². The van der Waals surface area contributed by atoms with E-state index in [-0.39, 0.29) is 51.7 Å². The van der Waals surface area contributed by atoms with E-state index < -0.39 is 17.1 Å². The summed E-state index contributed by atoms with van der Waals surface area (Å²) in [5, 5.41) is 32.1. The lowest BCUT2D eigenvalue weighted by Gasteiger charge is -2.30. The number of methoxy groups -OCH3 is 1. The average Bonchev–Trinajstić information content (AvgIpc) is 2.66. The van der Waals surface area contributed by atoms with E-state index in [4.69, 9.17) is 9.47 Å². The maximum atomic E-state index is 12.4. The summed E-state index contributed by atoms with van der Waals surface area (Å²) in [6.07, 6.45) is 3.61. The van der Waals surface area contributed by atoms with Gasteiger partial charge in [-0.05, 0) is 46.8 Å². The molecule has 0 spiro atoms. The lowest BCUT2D eigenvalue weighted by Crippen LogP contribution is -2.28. The Bertz CT molecular complexity index is 1140. The Hall–Kier alpha value is -3.48. The van der Waals surface area contributed by atoms with Crippen LogP contribution in [0.3, 0.4) is 0 Å². The van der Waals surface area contributed by atoms with Gasteiger partial charge in [-0.3, -0.25) is 9.59 Å². The normalized spacial score (nSPS) is 14.0. The molecule has 1 heterocycles. The summed E-state index contributed by atoms with van der Waals surface area (Å²) >= 11 is 0. The fourth-order valence-electron chi connectivity index (χ4n) is 3.87. The third-order valence-corrected chi connectivity index (χ3v) is 5.39. The fourth-order valence-corrected chi connectivity index (χ4v) is 3.87. The largest absolute Gasteiger partial charge is 0.507 e. The summed E-state index contributed by atoms with van der Waals surface area (Å²) in [5.74, 6) is -1.46. The zero-order valence-electron chi connectivity index (χ0n) is 18.4. The van der Waals surface area contributed by atoms with Crippen molar-refractivity contribution in [3.63, 3.8) is 0 Å². The van der Waals surface area contributed by atoms with Crippen LogP contribution in [0.5, 0.6) is 28.7 Å². The molecule has 0 aromatic heterocycles. The fraction of sp³-hybridized carbons (Fsp3) is 0.333. The second-order valence-corrected chi connectivity index (χ2v) is 8.21. The number of ether oxygens (including phenoxy) is 2. The minimum absolute atomic E-state index is 0.0469. The molecule has 0 atom stereocenters. The minimum atomic E-state index is -0.642. The second-order valence-electron chi connectivity index (χ2n) is 8.21. The molecule has 7 nitrogen and oxygen atoms in total. The number of phenols is 3. The van der Waals surface area contributed by atoms with Crippen molar-refractivity contribution in [3.8, 4) is 28.7 Å². The molecule has 0 saturated carbocycles. The smallest absolute Gasteiger partial charge is 0.167 e. The molecule has 1 aliphatic rings. The number of fused-ring (bicyclic) bond motifs is 1. The summed E-state index contributed by atoms with van der Waals surface area (Å²) in [6, 6.07) is 1.66. The van der Waals surface area contributed by atoms with Crippen molar-refractivity contribution in [2.24, 2.45) is 0 Å². The summed E-state index contributed by atoms with van der Waals surface area (Å²) in [7, 11) is 1.38. The Morgan fingerprint density at radius 1 is 1.03 bits per heavy atom. The molecule has 0 unspecified atom stereocenters. The van der Waals surface area contributed by atoms with E-state index in [9.17, 15) is 24.9 Å². The lowest BCUT2D eigenvalue weighted by molar-refractivity contribution is 0.0991. The van der Waals surface area contributed by atoms with Crippen molar-refractivity contribution in [1.82, 2.24) is 0 Å². The van der Waals surface area contributed by atoms with Crippen LogP contribution in [0.25, 0.3) is 6.08 Å². The highest BCUT2D eigenvalue weighted by Crippen LogP contribution is 2.46. The molecule has 3 N–H and O–H groups in total. The highest BCUT2D eigenvalue weighted by atomic mass is 16.5. The molecule has 3 rings (SSSR count). The van der Waals surface area contributed by atoms with Crippen LogP contribution >= 0.6 is 0 Å². The van der Waals surface area contributed by atoms with Crippen LogP contribution in [-0.2, 0) is 6.42 Å². The minimum Gasteiger partial charge on any atom is -0.507 e. The number of ketones is 2. The first-order chi connectivity index (χ1) is 14.4. The van der Waals surface area contributed by atoms with E-state index in [2.05, 4.69) is 0 Å². The zero-order valence-corrected chi connectivity index (χ0v) is 18.4. The molecule has 31 heavy (non-hydrogen) atoms. The number of hydrogen-bond acceptors (Lipinski definition) is 7. The van der Waals surface area contributed by atoms with E-state index >= 15 is 0 Å². The SMILES string of the molecule is COc1c(C)c(O)c(C(C)=O)c(O)c1Cc1cc2c(c(C(C)=O)c1O)OC(C)(C)C=C2. The van der Waals surface area contributed by atoms with Crippen LogP contribution in [0.15, 0.2) is 12.1 Å². The third kappa shape index (κ3) is 3.71. The molecule has 2 aromatic carbocycles. The monoisotopic (exact) mass is 426 g/mol. The van der Waals surface area contributed by atoms with Crippen molar-refractivity contribution in [2.75, 3.05) is 7.11 Å². The van der Waals surface area contributed by atoms with Gasteiger partial charge in [0.25, 0.3) is 0 Å². The van der Waals surface area contributed by atoms with Gasteiger partial charge in [-0.25, -0.2) is 0 Å². The van der Waals surface area contributed by atoms with E-state index in [0.717, 1.165) is 0 Å². The molecule has 0 amide bonds. The van der Waals surface area contributed by atoms with Crippen molar-refractivity contribution in [1.29, 1.82) is 0 Å². The Kier molecular flexibility index (Phi) is 5.48. The summed E-state index contributed by atoms with van der Waals surface area (Å²) in [5.41, 5.74) is 0.636. The Labute approximate surface area is 180 Å². The number of carbonyl (C=O) groups excluding carboxylic acids is 2. The van der Waals surface area contributed by atoms with Gasteiger partial charge < -0.3 is 24.8 Å². The number of aromatic hydroxyl groups is 3. The Morgan fingerprint density at radius 2 is 1.65 bits per heavy atom. The molecular formula is C24H26O7. The van der Waals surface area contributed by atoms with Gasteiger partial charge in [0.2, 0.25) is 0 Å². The van der Waals surface area contributed by atoms with Gasteiger partial charge in [-0.2, -0.15) is 0 Å². The van der Waals surface area contributed by atoms with E-state index in [1.807, 2.05) is 26.0 Å². The van der Waals surface area contributed by atoms with Crippen LogP contribution in [0.4, 0.5) is 0 Å². The summed E-state index contributed by atoms with van der Waals surface area (Å²) < 4.78 is 11.3. The molecule has 0 fully saturated rings. The van der Waals surface area contributed by atoms with Gasteiger partial charge in [0.15, 0.2) is 11.6 Å². The van der Waals surface area contributed by atoms with Crippen molar-refractivity contribution >= 4 is 17.6 Å². The number of Topliss-reactive ketones (excluding diaryl/α,β-unsaturated/α-hetero) is 2. The Morgan fingerprint density at radius 3 is 2.19 bits per heavy atom. The molecule has 0 saturated heterocycles. The quantitative estimate of drug-likeness (QED) is 0.611. The van der Waals surface area contributed by atoms with Crippen LogP contribution in [0, 0.1) is 6.92 Å². The first-order valence-electron chi connectivity index (χ1n) is 9.79. The van der Waals surface area contributed by atoms with Gasteiger partial charge >= 0.3 is 0 Å². The molecule has 0 radical (unpaired) electrons. The first-order valence-corrected chi connectivity index (χ1v) is 9.79. The van der Waals surface area contributed by atoms with Gasteiger partial charge in [-0.15, -0.1) is 0 Å². The predicted octanol–water partition coefficient (Wildman–Crippen LogP) is 4.30. The molecule has 0 aliphatic carbocycles. The van der Waals surface area contributed by atoms with E-state index in [1.165, 1.54) is 21.0 Å². The number of rotatable bonds is 5. The first kappa shape index (κ1) is 22.2. The number of benzene rings is 2. The zero-order chi connectivity index (χ0) is 23.2. The van der Waals surface area contributed by atoms with Crippen LogP contribution in [0.2, 0.25) is 0 Å². The van der Waals surface area contributed by atoms with Crippen molar-refractivity contribution in [2.45, 2.75) is 46.6 Å². The highest BCUT2D eigenvalue weighted by Gasteiger charge is 2.31. The van der Waals surface area contributed by atoms with Crippen LogP contribution in [0.1, 0.15) is 70.7 Å².